The van der Waals surface area contributed by atoms with E-state index in [0.29, 0.717) is 32.1 Å². The second-order valence-electron chi connectivity index (χ2n) is 10.8. The molecule has 6 atom stereocenters. The first-order valence-corrected chi connectivity index (χ1v) is 18.0. The van der Waals surface area contributed by atoms with Crippen LogP contribution in [0.4, 0.5) is 0 Å². The van der Waals surface area contributed by atoms with Gasteiger partial charge < -0.3 is 32.7 Å². The van der Waals surface area contributed by atoms with Crippen molar-refractivity contribution in [1.29, 1.82) is 0 Å². The molecule has 0 aromatic carbocycles. The second kappa shape index (κ2) is 21.3. The molecule has 1 saturated carbocycles. The molecule has 0 bridgehead atoms. The highest BCUT2D eigenvalue weighted by atomic mass is 31.2. The Morgan fingerprint density at radius 3 is 0.933 bits per heavy atom. The third kappa shape index (κ3) is 13.4. The fourth-order valence-corrected chi connectivity index (χ4v) is 7.03. The van der Waals surface area contributed by atoms with Crippen molar-refractivity contribution in [2.75, 3.05) is 19.4 Å². The zero-order valence-corrected chi connectivity index (χ0v) is 28.8. The Morgan fingerprint density at radius 2 is 0.689 bits per heavy atom. The maximum atomic E-state index is 14.0. The first kappa shape index (κ1) is 40.5. The van der Waals surface area contributed by atoms with E-state index in [0.717, 1.165) is 0 Å². The summed E-state index contributed by atoms with van der Waals surface area (Å²) in [6.45, 7) is 12.1. The Balaban J connectivity index is 4.06. The van der Waals surface area contributed by atoms with Gasteiger partial charge in [-0.15, -0.1) is 0 Å². The lowest BCUT2D eigenvalue weighted by atomic mass is 9.78. The molecule has 260 valence electrons. The molecule has 1 aliphatic rings. The highest BCUT2D eigenvalue weighted by molar-refractivity contribution is 7.53. The predicted molar refractivity (Wildman–Crippen MR) is 163 cm³/mol. The number of esters is 5. The van der Waals surface area contributed by atoms with Crippen LogP contribution in [0.2, 0.25) is 0 Å². The summed E-state index contributed by atoms with van der Waals surface area (Å²) < 4.78 is 54.5. The van der Waals surface area contributed by atoms with Gasteiger partial charge in [0.05, 0.1) is 25.3 Å². The standard InChI is InChI=1S/C31H53O13P/c1-8-15-22(32)40-27-21(20-45(37,38-13-6)39-14-7)28(41-23(33)16-9-2)30(43-25(35)18-11-4)31(44-26(36)19-12-5)29(27)42-24(34)17-10-3/h21,27-31H,8-20H2,1-7H3/t21?,27-,28+,29+,30-,31?. The van der Waals surface area contributed by atoms with Gasteiger partial charge in [0.15, 0.2) is 18.3 Å². The zero-order valence-electron chi connectivity index (χ0n) is 27.9. The average Bonchev–Trinajstić information content (AvgIpc) is 2.95. The second-order valence-corrected chi connectivity index (χ2v) is 12.9. The van der Waals surface area contributed by atoms with Crippen LogP contribution in [0.25, 0.3) is 0 Å². The summed E-state index contributed by atoms with van der Waals surface area (Å²) in [6.07, 6.45) is -5.85. The van der Waals surface area contributed by atoms with Crippen molar-refractivity contribution < 1.29 is 61.3 Å². The molecule has 14 heteroatoms. The van der Waals surface area contributed by atoms with Gasteiger partial charge in [-0.3, -0.25) is 28.5 Å². The molecular weight excluding hydrogens is 611 g/mol. The average molecular weight is 665 g/mol. The minimum absolute atomic E-state index is 0.00562. The quantitative estimate of drug-likeness (QED) is 0.0865. The van der Waals surface area contributed by atoms with Crippen molar-refractivity contribution in [3.63, 3.8) is 0 Å². The van der Waals surface area contributed by atoms with Gasteiger partial charge in [-0.1, -0.05) is 34.6 Å². The molecule has 2 unspecified atom stereocenters. The van der Waals surface area contributed by atoms with E-state index in [1.165, 1.54) is 0 Å². The lowest BCUT2D eigenvalue weighted by Crippen LogP contribution is -2.66. The van der Waals surface area contributed by atoms with Crippen molar-refractivity contribution in [1.82, 2.24) is 0 Å². The Morgan fingerprint density at radius 1 is 0.444 bits per heavy atom. The predicted octanol–water partition coefficient (Wildman–Crippen LogP) is 5.44. The van der Waals surface area contributed by atoms with Crippen LogP contribution in [0, 0.1) is 5.92 Å². The molecule has 0 radical (unpaired) electrons. The number of hydrogen-bond donors (Lipinski definition) is 0. The number of carbonyl (C=O) groups excluding carboxylic acids is 5. The van der Waals surface area contributed by atoms with Crippen LogP contribution >= 0.6 is 7.60 Å². The lowest BCUT2D eigenvalue weighted by Gasteiger charge is -2.48. The molecule has 0 spiro atoms. The zero-order chi connectivity index (χ0) is 34.0. The van der Waals surface area contributed by atoms with E-state index >= 15 is 0 Å². The molecule has 45 heavy (non-hydrogen) atoms. The molecule has 0 heterocycles. The molecule has 0 N–H and O–H groups in total. The van der Waals surface area contributed by atoms with Gasteiger partial charge in [0.1, 0.15) is 12.2 Å². The molecule has 0 aromatic heterocycles. The normalized spacial score (nSPS) is 23.1. The van der Waals surface area contributed by atoms with Gasteiger partial charge in [0.2, 0.25) is 0 Å². The highest BCUT2D eigenvalue weighted by Crippen LogP contribution is 2.53. The molecule has 0 aromatic rings. The third-order valence-electron chi connectivity index (χ3n) is 6.83. The summed E-state index contributed by atoms with van der Waals surface area (Å²) in [5, 5.41) is 0. The number of ether oxygens (including phenoxy) is 5. The maximum absolute atomic E-state index is 14.0. The lowest BCUT2D eigenvalue weighted by molar-refractivity contribution is -0.245. The molecule has 0 saturated heterocycles. The first-order chi connectivity index (χ1) is 21.4. The summed E-state index contributed by atoms with van der Waals surface area (Å²) in [5.41, 5.74) is 0. The summed E-state index contributed by atoms with van der Waals surface area (Å²) in [6, 6.07) is 0. The molecule has 1 fully saturated rings. The van der Waals surface area contributed by atoms with Gasteiger partial charge >= 0.3 is 37.4 Å². The summed E-state index contributed by atoms with van der Waals surface area (Å²) >= 11 is 0. The number of hydrogen-bond acceptors (Lipinski definition) is 13. The van der Waals surface area contributed by atoms with Gasteiger partial charge in [-0.25, -0.2) is 0 Å². The van der Waals surface area contributed by atoms with Gasteiger partial charge in [0, 0.05) is 32.1 Å². The van der Waals surface area contributed by atoms with Crippen molar-refractivity contribution in [3.8, 4) is 0 Å². The van der Waals surface area contributed by atoms with Crippen molar-refractivity contribution >= 4 is 37.4 Å². The molecule has 0 aliphatic heterocycles. The van der Waals surface area contributed by atoms with Crippen LogP contribution in [0.3, 0.4) is 0 Å². The van der Waals surface area contributed by atoms with E-state index < -0.39 is 80.0 Å². The van der Waals surface area contributed by atoms with Gasteiger partial charge in [-0.2, -0.15) is 0 Å². The summed E-state index contributed by atoms with van der Waals surface area (Å²) in [4.78, 5) is 65.0. The Hall–Kier alpha value is -2.50. The van der Waals surface area contributed by atoms with E-state index in [9.17, 15) is 28.5 Å². The van der Waals surface area contributed by atoms with E-state index in [4.69, 9.17) is 32.7 Å². The fraction of sp³-hybridized carbons (Fsp3) is 0.839. The van der Waals surface area contributed by atoms with Crippen LogP contribution in [-0.2, 0) is 61.3 Å². The van der Waals surface area contributed by atoms with Crippen LogP contribution in [0.1, 0.15) is 113 Å². The van der Waals surface area contributed by atoms with Crippen LogP contribution in [0.5, 0.6) is 0 Å². The van der Waals surface area contributed by atoms with E-state index in [1.807, 2.05) is 0 Å². The number of rotatable bonds is 21. The minimum Gasteiger partial charge on any atom is -0.458 e. The Kier molecular flexibility index (Phi) is 19.2. The first-order valence-electron chi connectivity index (χ1n) is 16.3. The molecule has 13 nitrogen and oxygen atoms in total. The summed E-state index contributed by atoms with van der Waals surface area (Å²) in [7, 11) is -3.96. The monoisotopic (exact) mass is 664 g/mol. The molecule has 1 rings (SSSR count). The third-order valence-corrected chi connectivity index (χ3v) is 9.01. The number of carbonyl (C=O) groups is 5. The SMILES string of the molecule is CCCC(=O)OC1[C@@H](OC(=O)CCC)[C@H](OC(=O)CCC)C(CP(=O)(OCC)OCC)[C@H](OC(=O)CCC)[C@H]1OC(=O)CCC. The van der Waals surface area contributed by atoms with Crippen LogP contribution in [0.15, 0.2) is 0 Å². The van der Waals surface area contributed by atoms with Gasteiger partial charge in [-0.05, 0) is 46.0 Å². The van der Waals surface area contributed by atoms with E-state index in [1.54, 1.807) is 48.5 Å². The Bertz CT molecular complexity index is 938. The van der Waals surface area contributed by atoms with E-state index in [-0.39, 0.29) is 45.3 Å². The van der Waals surface area contributed by atoms with E-state index in [2.05, 4.69) is 0 Å². The summed E-state index contributed by atoms with van der Waals surface area (Å²) in [5.74, 6) is -4.65. The largest absolute Gasteiger partial charge is 0.458 e. The van der Waals surface area contributed by atoms with Crippen molar-refractivity contribution in [2.24, 2.45) is 5.92 Å². The maximum Gasteiger partial charge on any atom is 0.331 e. The van der Waals surface area contributed by atoms with Crippen LogP contribution in [-0.4, -0.2) is 79.7 Å². The smallest absolute Gasteiger partial charge is 0.331 e. The Labute approximate surface area is 267 Å². The molecular formula is C31H53O13P. The van der Waals surface area contributed by atoms with Crippen molar-refractivity contribution in [3.05, 3.63) is 0 Å². The molecule has 0 amide bonds. The van der Waals surface area contributed by atoms with Crippen LogP contribution < -0.4 is 0 Å². The fourth-order valence-electron chi connectivity index (χ4n) is 5.02. The van der Waals surface area contributed by atoms with Gasteiger partial charge in [0.25, 0.3) is 0 Å². The topological polar surface area (TPSA) is 167 Å². The highest BCUT2D eigenvalue weighted by Gasteiger charge is 2.60. The van der Waals surface area contributed by atoms with Crippen molar-refractivity contribution in [2.45, 2.75) is 143 Å². The molecule has 1 aliphatic carbocycles. The minimum atomic E-state index is -3.96.